The topological polar surface area (TPSA) is 33.4 Å². The summed E-state index contributed by atoms with van der Waals surface area (Å²) in [5.41, 5.74) is 1.13. The van der Waals surface area contributed by atoms with E-state index in [2.05, 4.69) is 4.90 Å². The number of fused-ring (bicyclic) bond motifs is 1. The summed E-state index contributed by atoms with van der Waals surface area (Å²) in [7, 11) is 0. The Labute approximate surface area is 164 Å². The van der Waals surface area contributed by atoms with E-state index in [4.69, 9.17) is 12.2 Å². The van der Waals surface area contributed by atoms with Gasteiger partial charge in [0.05, 0.1) is 22.6 Å². The minimum Gasteiger partial charge on any atom is -0.335 e. The molecule has 4 rings (SSSR count). The fraction of sp³-hybridized carbons (Fsp3) is 0.333. The lowest BCUT2D eigenvalue weighted by Crippen LogP contribution is -2.48. The molecule has 5 nitrogen and oxygen atoms in total. The number of amides is 1. The van der Waals surface area contributed by atoms with Gasteiger partial charge in [-0.25, -0.2) is 0 Å². The molecule has 9 heteroatoms. The molecule has 0 unspecified atom stereocenters. The van der Waals surface area contributed by atoms with E-state index >= 15 is 0 Å². The SMILES string of the molecule is O=C(c1cccs1)N1CCN(Cn2c(=S)n(C(F)F)c3ccccc32)CC1. The number of nitrogens with zero attached hydrogens (tertiary/aromatic N) is 4. The zero-order chi connectivity index (χ0) is 19.0. The second-order valence-corrected chi connectivity index (χ2v) is 7.69. The lowest BCUT2D eigenvalue weighted by molar-refractivity contribution is 0.0583. The van der Waals surface area contributed by atoms with Crippen molar-refractivity contribution in [1.29, 1.82) is 0 Å². The highest BCUT2D eigenvalue weighted by atomic mass is 32.1. The molecule has 3 heterocycles. The maximum atomic E-state index is 13.5. The predicted octanol–water partition coefficient (Wildman–Crippen LogP) is 4.04. The Bertz CT molecular complexity index is 1000. The van der Waals surface area contributed by atoms with E-state index in [-0.39, 0.29) is 10.7 Å². The number of imidazole rings is 1. The van der Waals surface area contributed by atoms with Crippen molar-refractivity contribution in [3.63, 3.8) is 0 Å². The first kappa shape index (κ1) is 18.3. The van der Waals surface area contributed by atoms with Gasteiger partial charge in [-0.05, 0) is 35.8 Å². The van der Waals surface area contributed by atoms with E-state index < -0.39 is 6.55 Å². The summed E-state index contributed by atoms with van der Waals surface area (Å²) in [5, 5.41) is 1.89. The van der Waals surface area contributed by atoms with Gasteiger partial charge in [0.15, 0.2) is 4.77 Å². The zero-order valence-electron chi connectivity index (χ0n) is 14.4. The van der Waals surface area contributed by atoms with Gasteiger partial charge >= 0.3 is 6.55 Å². The maximum Gasteiger partial charge on any atom is 0.321 e. The first-order chi connectivity index (χ1) is 13.1. The van der Waals surface area contributed by atoms with Crippen LogP contribution in [0.3, 0.4) is 0 Å². The molecule has 0 spiro atoms. The number of carbonyl (C=O) groups excluding carboxylic acids is 1. The lowest BCUT2D eigenvalue weighted by atomic mass is 10.3. The van der Waals surface area contributed by atoms with Crippen LogP contribution < -0.4 is 0 Å². The third-order valence-corrected chi connectivity index (χ3v) is 6.07. The van der Waals surface area contributed by atoms with Gasteiger partial charge in [-0.3, -0.25) is 14.3 Å². The molecule has 0 radical (unpaired) electrons. The Kier molecular flexibility index (Phi) is 5.07. The van der Waals surface area contributed by atoms with E-state index in [1.807, 2.05) is 28.5 Å². The number of hydrogen-bond acceptors (Lipinski definition) is 4. The molecular formula is C18H18F2N4OS2. The Morgan fingerprint density at radius 1 is 1.07 bits per heavy atom. The summed E-state index contributed by atoms with van der Waals surface area (Å²) >= 11 is 6.75. The summed E-state index contributed by atoms with van der Waals surface area (Å²) in [6.07, 6.45) is 0. The normalized spacial score (nSPS) is 15.7. The monoisotopic (exact) mass is 408 g/mol. The minimum absolute atomic E-state index is 0.0514. The van der Waals surface area contributed by atoms with Gasteiger partial charge in [0, 0.05) is 26.2 Å². The fourth-order valence-electron chi connectivity index (χ4n) is 3.41. The lowest BCUT2D eigenvalue weighted by Gasteiger charge is -2.34. The Hall–Kier alpha value is -2.10. The first-order valence-corrected chi connectivity index (χ1v) is 9.88. The Morgan fingerprint density at radius 2 is 1.78 bits per heavy atom. The number of hydrogen-bond donors (Lipinski definition) is 0. The van der Waals surface area contributed by atoms with Crippen molar-refractivity contribution < 1.29 is 13.6 Å². The molecule has 1 aliphatic rings. The summed E-state index contributed by atoms with van der Waals surface area (Å²) in [5.74, 6) is 0.0514. The van der Waals surface area contributed by atoms with Crippen molar-refractivity contribution in [2.45, 2.75) is 13.2 Å². The second kappa shape index (κ2) is 7.49. The average molecular weight is 408 g/mol. The summed E-state index contributed by atoms with van der Waals surface area (Å²) < 4.78 is 29.6. The Balaban J connectivity index is 1.51. The van der Waals surface area contributed by atoms with Crippen LogP contribution in [0, 0.1) is 4.77 Å². The third-order valence-electron chi connectivity index (χ3n) is 4.80. The van der Waals surface area contributed by atoms with Crippen molar-refractivity contribution in [1.82, 2.24) is 18.9 Å². The molecule has 1 saturated heterocycles. The highest BCUT2D eigenvalue weighted by molar-refractivity contribution is 7.71. The molecule has 0 saturated carbocycles. The van der Waals surface area contributed by atoms with Crippen molar-refractivity contribution in [2.24, 2.45) is 0 Å². The highest BCUT2D eigenvalue weighted by Gasteiger charge is 2.24. The molecule has 142 valence electrons. The third kappa shape index (κ3) is 3.42. The number of piperazine rings is 1. The number of thiophene rings is 1. The predicted molar refractivity (Wildman–Crippen MR) is 104 cm³/mol. The molecular weight excluding hydrogens is 390 g/mol. The molecule has 2 aromatic heterocycles. The number of benzene rings is 1. The molecule has 0 N–H and O–H groups in total. The molecule has 1 aliphatic heterocycles. The number of para-hydroxylation sites is 2. The standard InChI is InChI=1S/C18H18F2N4OS2/c19-17(20)24-14-5-2-1-4-13(14)23(18(24)26)12-21-7-9-22(10-8-21)16(25)15-6-3-11-27-15/h1-6,11,17H,7-10,12H2. The van der Waals surface area contributed by atoms with Gasteiger partial charge in [0.2, 0.25) is 0 Å². The highest BCUT2D eigenvalue weighted by Crippen LogP contribution is 2.24. The van der Waals surface area contributed by atoms with Gasteiger partial charge in [0.1, 0.15) is 0 Å². The maximum absolute atomic E-state index is 13.5. The molecule has 3 aromatic rings. The fourth-order valence-corrected chi connectivity index (χ4v) is 4.43. The largest absolute Gasteiger partial charge is 0.335 e. The first-order valence-electron chi connectivity index (χ1n) is 8.59. The van der Waals surface area contributed by atoms with Crippen LogP contribution in [0.2, 0.25) is 0 Å². The number of alkyl halides is 2. The van der Waals surface area contributed by atoms with Crippen LogP contribution in [-0.2, 0) is 6.67 Å². The zero-order valence-corrected chi connectivity index (χ0v) is 16.1. The molecule has 0 aliphatic carbocycles. The van der Waals surface area contributed by atoms with Crippen LogP contribution in [0.4, 0.5) is 8.78 Å². The Morgan fingerprint density at radius 3 is 2.41 bits per heavy atom. The number of carbonyl (C=O) groups is 1. The summed E-state index contributed by atoms with van der Waals surface area (Å²) in [4.78, 5) is 17.2. The second-order valence-electron chi connectivity index (χ2n) is 6.38. The van der Waals surface area contributed by atoms with Crippen LogP contribution in [-0.4, -0.2) is 51.0 Å². The van der Waals surface area contributed by atoms with Crippen LogP contribution in [0.25, 0.3) is 11.0 Å². The number of halogens is 2. The van der Waals surface area contributed by atoms with Crippen molar-refractivity contribution in [3.05, 3.63) is 51.4 Å². The van der Waals surface area contributed by atoms with Gasteiger partial charge in [-0.1, -0.05) is 18.2 Å². The van der Waals surface area contributed by atoms with Gasteiger partial charge < -0.3 is 9.47 Å². The van der Waals surface area contributed by atoms with E-state index in [0.29, 0.717) is 43.9 Å². The van der Waals surface area contributed by atoms with Gasteiger partial charge in [-0.15, -0.1) is 11.3 Å². The molecule has 1 aromatic carbocycles. The van der Waals surface area contributed by atoms with Gasteiger partial charge in [-0.2, -0.15) is 8.78 Å². The smallest absolute Gasteiger partial charge is 0.321 e. The van der Waals surface area contributed by atoms with E-state index in [1.165, 1.54) is 11.3 Å². The molecule has 0 bridgehead atoms. The quantitative estimate of drug-likeness (QED) is 0.611. The summed E-state index contributed by atoms with van der Waals surface area (Å²) in [6, 6.07) is 10.7. The van der Waals surface area contributed by atoms with Crippen LogP contribution >= 0.6 is 23.6 Å². The van der Waals surface area contributed by atoms with Gasteiger partial charge in [0.25, 0.3) is 5.91 Å². The minimum atomic E-state index is -2.68. The number of rotatable bonds is 4. The van der Waals surface area contributed by atoms with Crippen LogP contribution in [0.15, 0.2) is 41.8 Å². The van der Waals surface area contributed by atoms with E-state index in [9.17, 15) is 13.6 Å². The molecule has 1 fully saturated rings. The van der Waals surface area contributed by atoms with Crippen LogP contribution in [0.5, 0.6) is 0 Å². The van der Waals surface area contributed by atoms with Crippen LogP contribution in [0.1, 0.15) is 16.2 Å². The summed E-state index contributed by atoms with van der Waals surface area (Å²) in [6.45, 7) is 0.318. The van der Waals surface area contributed by atoms with E-state index in [0.717, 1.165) is 9.44 Å². The molecule has 0 atom stereocenters. The van der Waals surface area contributed by atoms with Crippen molar-refractivity contribution >= 4 is 40.5 Å². The van der Waals surface area contributed by atoms with Crippen molar-refractivity contribution in [3.8, 4) is 0 Å². The number of aromatic nitrogens is 2. The average Bonchev–Trinajstić information content (AvgIpc) is 3.29. The molecule has 1 amide bonds. The molecule has 27 heavy (non-hydrogen) atoms. The van der Waals surface area contributed by atoms with E-state index in [1.54, 1.807) is 22.8 Å². The van der Waals surface area contributed by atoms with Crippen molar-refractivity contribution in [2.75, 3.05) is 26.2 Å².